The molecule has 3 rings (SSSR count). The van der Waals surface area contributed by atoms with E-state index in [1.807, 2.05) is 30.3 Å². The SMILES string of the molecule is COc1ccc(NC(=O)[C@@]2(c3ccccc3)CC2(Cl)Cl)c(OC)c1. The third kappa shape index (κ3) is 2.70. The molecule has 0 bridgehead atoms. The summed E-state index contributed by atoms with van der Waals surface area (Å²) in [6.07, 6.45) is 0.359. The van der Waals surface area contributed by atoms with Crippen LogP contribution in [0.15, 0.2) is 48.5 Å². The second-order valence-corrected chi connectivity index (χ2v) is 7.16. The summed E-state index contributed by atoms with van der Waals surface area (Å²) in [5.74, 6) is 0.876. The maximum atomic E-state index is 13.0. The van der Waals surface area contributed by atoms with Gasteiger partial charge in [0, 0.05) is 12.5 Å². The van der Waals surface area contributed by atoms with Gasteiger partial charge in [-0.05, 0) is 17.7 Å². The molecule has 0 aliphatic heterocycles. The van der Waals surface area contributed by atoms with Gasteiger partial charge in [-0.25, -0.2) is 0 Å². The number of amides is 1. The second-order valence-electron chi connectivity index (χ2n) is 5.67. The number of nitrogens with one attached hydrogen (secondary N) is 1. The van der Waals surface area contributed by atoms with E-state index in [1.165, 1.54) is 7.11 Å². The minimum Gasteiger partial charge on any atom is -0.497 e. The fourth-order valence-corrected chi connectivity index (χ4v) is 3.62. The van der Waals surface area contributed by atoms with Crippen molar-refractivity contribution in [2.75, 3.05) is 19.5 Å². The van der Waals surface area contributed by atoms with Crippen LogP contribution >= 0.6 is 23.2 Å². The van der Waals surface area contributed by atoms with Gasteiger partial charge in [-0.15, -0.1) is 23.2 Å². The van der Waals surface area contributed by atoms with Crippen LogP contribution in [0.3, 0.4) is 0 Å². The minimum atomic E-state index is -1.13. The molecule has 2 aromatic rings. The van der Waals surface area contributed by atoms with Crippen molar-refractivity contribution in [1.82, 2.24) is 0 Å². The Kier molecular flexibility index (Phi) is 4.37. The number of hydrogen-bond donors (Lipinski definition) is 1. The summed E-state index contributed by atoms with van der Waals surface area (Å²) in [5.41, 5.74) is 0.358. The quantitative estimate of drug-likeness (QED) is 0.809. The van der Waals surface area contributed by atoms with Gasteiger partial charge < -0.3 is 14.8 Å². The summed E-state index contributed by atoms with van der Waals surface area (Å²) < 4.78 is 9.36. The number of benzene rings is 2. The normalized spacial score (nSPS) is 21.0. The van der Waals surface area contributed by atoms with Crippen LogP contribution in [0.4, 0.5) is 5.69 Å². The average Bonchev–Trinajstić information content (AvgIpc) is 3.20. The molecule has 2 aromatic carbocycles. The Hall–Kier alpha value is -1.91. The van der Waals surface area contributed by atoms with Crippen molar-refractivity contribution in [3.8, 4) is 11.5 Å². The van der Waals surface area contributed by atoms with E-state index in [0.717, 1.165) is 5.56 Å². The van der Waals surface area contributed by atoms with Crippen LogP contribution in [-0.2, 0) is 10.2 Å². The van der Waals surface area contributed by atoms with Crippen LogP contribution in [-0.4, -0.2) is 24.5 Å². The van der Waals surface area contributed by atoms with Gasteiger partial charge in [-0.1, -0.05) is 30.3 Å². The maximum Gasteiger partial charge on any atom is 0.238 e. The molecule has 1 aliphatic rings. The highest BCUT2D eigenvalue weighted by molar-refractivity contribution is 6.54. The summed E-state index contributed by atoms with van der Waals surface area (Å²) in [5, 5.41) is 2.88. The monoisotopic (exact) mass is 365 g/mol. The molecule has 4 nitrogen and oxygen atoms in total. The fourth-order valence-electron chi connectivity index (χ4n) is 2.83. The molecule has 1 atom stereocenters. The lowest BCUT2D eigenvalue weighted by atomic mass is 9.94. The molecule has 0 spiro atoms. The third-order valence-electron chi connectivity index (χ3n) is 4.30. The number of carbonyl (C=O) groups is 1. The molecule has 1 saturated carbocycles. The first-order valence-corrected chi connectivity index (χ1v) is 8.17. The first-order chi connectivity index (χ1) is 11.4. The number of rotatable bonds is 5. The smallest absolute Gasteiger partial charge is 0.238 e. The zero-order valence-electron chi connectivity index (χ0n) is 13.3. The summed E-state index contributed by atoms with van der Waals surface area (Å²) >= 11 is 12.7. The van der Waals surface area contributed by atoms with Crippen LogP contribution in [0.2, 0.25) is 0 Å². The van der Waals surface area contributed by atoms with Crippen molar-refractivity contribution in [2.45, 2.75) is 16.2 Å². The van der Waals surface area contributed by atoms with E-state index in [9.17, 15) is 4.79 Å². The molecule has 126 valence electrons. The number of halogens is 2. The van der Waals surface area contributed by atoms with E-state index < -0.39 is 9.75 Å². The molecular weight excluding hydrogens is 349 g/mol. The van der Waals surface area contributed by atoms with Gasteiger partial charge in [0.05, 0.1) is 19.9 Å². The van der Waals surface area contributed by atoms with E-state index in [0.29, 0.717) is 23.6 Å². The molecule has 0 aromatic heterocycles. The van der Waals surface area contributed by atoms with E-state index in [4.69, 9.17) is 32.7 Å². The van der Waals surface area contributed by atoms with Crippen molar-refractivity contribution in [2.24, 2.45) is 0 Å². The molecule has 1 amide bonds. The summed E-state index contributed by atoms with van der Waals surface area (Å²) in [4.78, 5) is 13.0. The number of hydrogen-bond acceptors (Lipinski definition) is 3. The van der Waals surface area contributed by atoms with Gasteiger partial charge in [0.25, 0.3) is 0 Å². The fraction of sp³-hybridized carbons (Fsp3) is 0.278. The lowest BCUT2D eigenvalue weighted by molar-refractivity contribution is -0.118. The van der Waals surface area contributed by atoms with Crippen LogP contribution < -0.4 is 14.8 Å². The number of carbonyl (C=O) groups excluding carboxylic acids is 1. The highest BCUT2D eigenvalue weighted by atomic mass is 35.5. The van der Waals surface area contributed by atoms with Crippen LogP contribution in [0, 0.1) is 0 Å². The van der Waals surface area contributed by atoms with Crippen molar-refractivity contribution < 1.29 is 14.3 Å². The first-order valence-electron chi connectivity index (χ1n) is 7.41. The second kappa shape index (κ2) is 6.19. The zero-order valence-corrected chi connectivity index (χ0v) is 14.8. The summed E-state index contributed by atoms with van der Waals surface area (Å²) in [7, 11) is 3.10. The number of alkyl halides is 2. The zero-order chi connectivity index (χ0) is 17.4. The largest absolute Gasteiger partial charge is 0.497 e. The average molecular weight is 366 g/mol. The number of ether oxygens (including phenoxy) is 2. The molecule has 0 radical (unpaired) electrons. The Labute approximate surface area is 150 Å². The van der Waals surface area contributed by atoms with Gasteiger partial charge in [0.15, 0.2) is 0 Å². The minimum absolute atomic E-state index is 0.262. The van der Waals surface area contributed by atoms with Crippen molar-refractivity contribution in [3.05, 3.63) is 54.1 Å². The molecule has 1 N–H and O–H groups in total. The Balaban J connectivity index is 1.92. The van der Waals surface area contributed by atoms with Crippen LogP contribution in [0.25, 0.3) is 0 Å². The van der Waals surface area contributed by atoms with Crippen molar-refractivity contribution in [3.63, 3.8) is 0 Å². The highest BCUT2D eigenvalue weighted by Crippen LogP contribution is 2.65. The predicted molar refractivity (Wildman–Crippen MR) is 95.3 cm³/mol. The Morgan fingerprint density at radius 3 is 2.29 bits per heavy atom. The molecule has 6 heteroatoms. The number of anilines is 1. The van der Waals surface area contributed by atoms with E-state index in [2.05, 4.69) is 5.32 Å². The lowest BCUT2D eigenvalue weighted by Gasteiger charge is -2.19. The van der Waals surface area contributed by atoms with E-state index in [-0.39, 0.29) is 5.91 Å². The molecule has 0 unspecified atom stereocenters. The topological polar surface area (TPSA) is 47.6 Å². The standard InChI is InChI=1S/C18H17Cl2NO3/c1-23-13-8-9-14(15(10-13)24-2)21-16(22)17(11-18(17,19)20)12-6-4-3-5-7-12/h3-10H,11H2,1-2H3,(H,21,22)/t17-/m0/s1. The Morgan fingerprint density at radius 2 is 1.75 bits per heavy atom. The van der Waals surface area contributed by atoms with E-state index >= 15 is 0 Å². The third-order valence-corrected chi connectivity index (χ3v) is 5.21. The summed E-state index contributed by atoms with van der Waals surface area (Å²) in [6.45, 7) is 0. The molecular formula is C18H17Cl2NO3. The summed E-state index contributed by atoms with van der Waals surface area (Å²) in [6, 6.07) is 14.5. The maximum absolute atomic E-state index is 13.0. The van der Waals surface area contributed by atoms with Gasteiger partial charge in [-0.3, -0.25) is 4.79 Å². The van der Waals surface area contributed by atoms with Gasteiger partial charge in [-0.2, -0.15) is 0 Å². The van der Waals surface area contributed by atoms with E-state index in [1.54, 1.807) is 25.3 Å². The molecule has 1 aliphatic carbocycles. The van der Waals surface area contributed by atoms with Crippen LogP contribution in [0.1, 0.15) is 12.0 Å². The predicted octanol–water partition coefficient (Wildman–Crippen LogP) is 4.16. The molecule has 0 saturated heterocycles. The molecule has 0 heterocycles. The Morgan fingerprint density at radius 1 is 1.08 bits per heavy atom. The molecule has 24 heavy (non-hydrogen) atoms. The highest BCUT2D eigenvalue weighted by Gasteiger charge is 2.72. The first kappa shape index (κ1) is 16.9. The van der Waals surface area contributed by atoms with Crippen molar-refractivity contribution >= 4 is 34.8 Å². The Bertz CT molecular complexity index is 764. The molecule has 1 fully saturated rings. The lowest BCUT2D eigenvalue weighted by Crippen LogP contribution is -2.32. The van der Waals surface area contributed by atoms with Crippen molar-refractivity contribution in [1.29, 1.82) is 0 Å². The number of methoxy groups -OCH3 is 2. The van der Waals surface area contributed by atoms with Gasteiger partial charge in [0.2, 0.25) is 5.91 Å². The van der Waals surface area contributed by atoms with Crippen LogP contribution in [0.5, 0.6) is 11.5 Å². The van der Waals surface area contributed by atoms with Gasteiger partial charge in [0.1, 0.15) is 21.2 Å². The van der Waals surface area contributed by atoms with Gasteiger partial charge >= 0.3 is 0 Å².